The van der Waals surface area contributed by atoms with Crippen LogP contribution in [0.4, 0.5) is 11.5 Å². The number of nitrogens with one attached hydrogen (secondary N) is 1. The highest BCUT2D eigenvalue weighted by Gasteiger charge is 2.25. The van der Waals surface area contributed by atoms with Crippen molar-refractivity contribution in [3.63, 3.8) is 0 Å². The number of fused-ring (bicyclic) bond motifs is 1. The van der Waals surface area contributed by atoms with Crippen LogP contribution in [0.5, 0.6) is 0 Å². The molecule has 0 bridgehead atoms. The van der Waals surface area contributed by atoms with Crippen LogP contribution in [-0.2, 0) is 4.79 Å². The third-order valence-electron chi connectivity index (χ3n) is 3.53. The van der Waals surface area contributed by atoms with Gasteiger partial charge in [-0.05, 0) is 24.6 Å². The Kier molecular flexibility index (Phi) is 3.14. The standard InChI is InChI=1S/C14H17N5O/c1-9(20)18-11-4-5-19(7-11)14-12-6-10(15)2-3-13(12)16-8-17-14/h2-3,6,8,11H,4-5,7,15H2,1H3,(H,18,20). The summed E-state index contributed by atoms with van der Waals surface area (Å²) in [6.07, 6.45) is 2.49. The van der Waals surface area contributed by atoms with Crippen molar-refractivity contribution in [1.82, 2.24) is 15.3 Å². The lowest BCUT2D eigenvalue weighted by atomic mass is 10.2. The molecule has 3 N–H and O–H groups in total. The Hall–Kier alpha value is -2.37. The van der Waals surface area contributed by atoms with E-state index >= 15 is 0 Å². The third-order valence-corrected chi connectivity index (χ3v) is 3.53. The second-order valence-electron chi connectivity index (χ2n) is 5.11. The molecule has 1 saturated heterocycles. The third kappa shape index (κ3) is 2.36. The number of carbonyl (C=O) groups is 1. The molecule has 2 heterocycles. The minimum Gasteiger partial charge on any atom is -0.399 e. The van der Waals surface area contributed by atoms with Crippen molar-refractivity contribution in [1.29, 1.82) is 0 Å². The van der Waals surface area contributed by atoms with Gasteiger partial charge in [0.05, 0.1) is 5.52 Å². The number of nitrogens with two attached hydrogens (primary N) is 1. The summed E-state index contributed by atoms with van der Waals surface area (Å²) in [7, 11) is 0. The first kappa shape index (κ1) is 12.7. The Morgan fingerprint density at radius 2 is 2.30 bits per heavy atom. The molecule has 2 aromatic rings. The van der Waals surface area contributed by atoms with Crippen molar-refractivity contribution in [2.45, 2.75) is 19.4 Å². The molecule has 1 aliphatic rings. The first-order chi connectivity index (χ1) is 9.63. The van der Waals surface area contributed by atoms with E-state index in [1.807, 2.05) is 18.2 Å². The number of benzene rings is 1. The molecule has 1 aromatic heterocycles. The molecule has 0 saturated carbocycles. The lowest BCUT2D eigenvalue weighted by molar-refractivity contribution is -0.119. The van der Waals surface area contributed by atoms with Gasteiger partial charge in [-0.3, -0.25) is 4.79 Å². The maximum absolute atomic E-state index is 11.1. The van der Waals surface area contributed by atoms with E-state index in [1.165, 1.54) is 0 Å². The van der Waals surface area contributed by atoms with Crippen LogP contribution < -0.4 is 16.0 Å². The van der Waals surface area contributed by atoms with Gasteiger partial charge >= 0.3 is 0 Å². The smallest absolute Gasteiger partial charge is 0.217 e. The van der Waals surface area contributed by atoms with Crippen LogP contribution in [0.25, 0.3) is 10.9 Å². The van der Waals surface area contributed by atoms with Gasteiger partial charge in [-0.15, -0.1) is 0 Å². The van der Waals surface area contributed by atoms with Gasteiger partial charge in [-0.25, -0.2) is 9.97 Å². The zero-order valence-corrected chi connectivity index (χ0v) is 11.3. The highest BCUT2D eigenvalue weighted by molar-refractivity contribution is 5.91. The number of hydrogen-bond acceptors (Lipinski definition) is 5. The largest absolute Gasteiger partial charge is 0.399 e. The number of nitrogens with zero attached hydrogens (tertiary/aromatic N) is 3. The molecular weight excluding hydrogens is 254 g/mol. The fraction of sp³-hybridized carbons (Fsp3) is 0.357. The number of nitrogen functional groups attached to an aromatic ring is 1. The molecule has 1 unspecified atom stereocenters. The highest BCUT2D eigenvalue weighted by Crippen LogP contribution is 2.27. The number of hydrogen-bond donors (Lipinski definition) is 2. The Morgan fingerprint density at radius 1 is 1.45 bits per heavy atom. The van der Waals surface area contributed by atoms with Crippen molar-refractivity contribution in [2.75, 3.05) is 23.7 Å². The van der Waals surface area contributed by atoms with Crippen molar-refractivity contribution in [3.05, 3.63) is 24.5 Å². The minimum absolute atomic E-state index is 0.00800. The molecular formula is C14H17N5O. The zero-order chi connectivity index (χ0) is 14.1. The molecule has 3 rings (SSSR count). The van der Waals surface area contributed by atoms with E-state index in [1.54, 1.807) is 13.3 Å². The lowest BCUT2D eigenvalue weighted by Gasteiger charge is -2.19. The summed E-state index contributed by atoms with van der Waals surface area (Å²) in [6.45, 7) is 3.18. The van der Waals surface area contributed by atoms with Crippen LogP contribution in [-0.4, -0.2) is 35.0 Å². The number of anilines is 2. The molecule has 0 spiro atoms. The average Bonchev–Trinajstić information content (AvgIpc) is 2.85. The average molecular weight is 271 g/mol. The van der Waals surface area contributed by atoms with Gasteiger partial charge in [0.25, 0.3) is 0 Å². The van der Waals surface area contributed by atoms with Crippen LogP contribution in [0.15, 0.2) is 24.5 Å². The van der Waals surface area contributed by atoms with E-state index in [-0.39, 0.29) is 11.9 Å². The fourth-order valence-electron chi connectivity index (χ4n) is 2.67. The van der Waals surface area contributed by atoms with Crippen molar-refractivity contribution in [3.8, 4) is 0 Å². The molecule has 1 aromatic carbocycles. The Morgan fingerprint density at radius 3 is 3.10 bits per heavy atom. The van der Waals surface area contributed by atoms with Gasteiger partial charge in [-0.2, -0.15) is 0 Å². The van der Waals surface area contributed by atoms with Gasteiger partial charge in [0.2, 0.25) is 5.91 Å². The monoisotopic (exact) mass is 271 g/mol. The van der Waals surface area contributed by atoms with Crippen LogP contribution in [0.3, 0.4) is 0 Å². The number of amides is 1. The maximum atomic E-state index is 11.1. The molecule has 1 amide bonds. The molecule has 6 nitrogen and oxygen atoms in total. The quantitative estimate of drug-likeness (QED) is 0.794. The predicted octanol–water partition coefficient (Wildman–Crippen LogP) is 0.927. The molecule has 6 heteroatoms. The number of rotatable bonds is 2. The van der Waals surface area contributed by atoms with E-state index in [9.17, 15) is 4.79 Å². The topological polar surface area (TPSA) is 84.1 Å². The second-order valence-corrected chi connectivity index (χ2v) is 5.11. The fourth-order valence-corrected chi connectivity index (χ4v) is 2.67. The van der Waals surface area contributed by atoms with E-state index in [4.69, 9.17) is 5.73 Å². The van der Waals surface area contributed by atoms with Gasteiger partial charge in [-0.1, -0.05) is 0 Å². The molecule has 0 aliphatic carbocycles. The zero-order valence-electron chi connectivity index (χ0n) is 11.3. The first-order valence-electron chi connectivity index (χ1n) is 6.66. The normalized spacial score (nSPS) is 18.4. The Bertz CT molecular complexity index is 657. The molecule has 20 heavy (non-hydrogen) atoms. The van der Waals surface area contributed by atoms with E-state index in [0.717, 1.165) is 36.2 Å². The van der Waals surface area contributed by atoms with Crippen LogP contribution in [0.2, 0.25) is 0 Å². The summed E-state index contributed by atoms with van der Waals surface area (Å²) in [6, 6.07) is 5.81. The Labute approximate surface area is 117 Å². The summed E-state index contributed by atoms with van der Waals surface area (Å²) in [4.78, 5) is 21.9. The summed E-state index contributed by atoms with van der Waals surface area (Å²) < 4.78 is 0. The van der Waals surface area contributed by atoms with Gasteiger partial charge in [0, 0.05) is 37.1 Å². The summed E-state index contributed by atoms with van der Waals surface area (Å²) in [5, 5.41) is 3.91. The van der Waals surface area contributed by atoms with Crippen molar-refractivity contribution < 1.29 is 4.79 Å². The number of carbonyl (C=O) groups excluding carboxylic acids is 1. The molecule has 1 fully saturated rings. The van der Waals surface area contributed by atoms with Crippen LogP contribution in [0.1, 0.15) is 13.3 Å². The Balaban J connectivity index is 1.91. The van der Waals surface area contributed by atoms with E-state index in [2.05, 4.69) is 20.2 Å². The van der Waals surface area contributed by atoms with E-state index in [0.29, 0.717) is 5.69 Å². The van der Waals surface area contributed by atoms with Crippen molar-refractivity contribution >= 4 is 28.3 Å². The molecule has 0 radical (unpaired) electrons. The number of aromatic nitrogens is 2. The summed E-state index contributed by atoms with van der Waals surface area (Å²) >= 11 is 0. The van der Waals surface area contributed by atoms with E-state index < -0.39 is 0 Å². The van der Waals surface area contributed by atoms with Gasteiger partial charge in [0.15, 0.2) is 0 Å². The van der Waals surface area contributed by atoms with Crippen LogP contribution >= 0.6 is 0 Å². The molecule has 104 valence electrons. The summed E-state index contributed by atoms with van der Waals surface area (Å²) in [5.41, 5.74) is 7.44. The minimum atomic E-state index is 0.00800. The lowest BCUT2D eigenvalue weighted by Crippen LogP contribution is -2.35. The first-order valence-corrected chi connectivity index (χ1v) is 6.66. The highest BCUT2D eigenvalue weighted by atomic mass is 16.1. The SMILES string of the molecule is CC(=O)NC1CCN(c2ncnc3ccc(N)cc23)C1. The van der Waals surface area contributed by atoms with Crippen molar-refractivity contribution in [2.24, 2.45) is 0 Å². The maximum Gasteiger partial charge on any atom is 0.217 e. The van der Waals surface area contributed by atoms with Gasteiger partial charge in [0.1, 0.15) is 12.1 Å². The van der Waals surface area contributed by atoms with Gasteiger partial charge < -0.3 is 16.0 Å². The summed E-state index contributed by atoms with van der Waals surface area (Å²) in [5.74, 6) is 0.892. The molecule has 1 atom stereocenters. The predicted molar refractivity (Wildman–Crippen MR) is 78.4 cm³/mol. The van der Waals surface area contributed by atoms with Crippen LogP contribution in [0, 0.1) is 0 Å². The second kappa shape index (κ2) is 4.96. The molecule has 1 aliphatic heterocycles.